The molecule has 0 spiro atoms. The van der Waals surface area contributed by atoms with Crippen LogP contribution >= 0.6 is 15.9 Å². The van der Waals surface area contributed by atoms with Gasteiger partial charge in [-0.05, 0) is 37.0 Å². The number of nitrogens with one attached hydrogen (secondary N) is 1. The number of hydrogen-bond donors (Lipinski definition) is 2. The summed E-state index contributed by atoms with van der Waals surface area (Å²) in [5.41, 5.74) is 6.49. The molecule has 1 aromatic carbocycles. The largest absolute Gasteiger partial charge is 0.271 e. The summed E-state index contributed by atoms with van der Waals surface area (Å²) in [4.78, 5) is 0. The van der Waals surface area contributed by atoms with Gasteiger partial charge in [-0.25, -0.2) is 0 Å². The summed E-state index contributed by atoms with van der Waals surface area (Å²) in [5, 5.41) is 0. The minimum atomic E-state index is 0.152. The van der Waals surface area contributed by atoms with Crippen LogP contribution in [0.4, 0.5) is 0 Å². The molecular formula is C13H19BrN2. The second kappa shape index (κ2) is 6.18. The van der Waals surface area contributed by atoms with Crippen LogP contribution in [0.15, 0.2) is 34.8 Å². The van der Waals surface area contributed by atoms with Crippen LogP contribution in [-0.4, -0.2) is 0 Å². The molecule has 3 N–H and O–H groups in total. The number of halogens is 1. The minimum Gasteiger partial charge on any atom is -0.271 e. The van der Waals surface area contributed by atoms with E-state index in [2.05, 4.69) is 60.0 Å². The smallest absolute Gasteiger partial charge is 0.0497 e. The van der Waals surface area contributed by atoms with Crippen molar-refractivity contribution in [3.8, 4) is 0 Å². The maximum absolute atomic E-state index is 5.59. The number of aryl methyl sites for hydroxylation is 1. The van der Waals surface area contributed by atoms with Gasteiger partial charge in [0.2, 0.25) is 0 Å². The lowest BCUT2D eigenvalue weighted by atomic mass is 9.98. The zero-order valence-electron chi connectivity index (χ0n) is 9.89. The summed E-state index contributed by atoms with van der Waals surface area (Å²) in [5.74, 6) is 5.59. The lowest BCUT2D eigenvalue weighted by Gasteiger charge is -2.18. The molecule has 16 heavy (non-hydrogen) atoms. The molecule has 0 amide bonds. The molecule has 0 aliphatic carbocycles. The third-order valence-corrected chi connectivity index (χ3v) is 3.67. The molecule has 3 heteroatoms. The fourth-order valence-electron chi connectivity index (χ4n) is 1.59. The van der Waals surface area contributed by atoms with Gasteiger partial charge in [0.25, 0.3) is 0 Å². The van der Waals surface area contributed by atoms with Crippen LogP contribution in [0.3, 0.4) is 0 Å². The normalized spacial score (nSPS) is 12.5. The van der Waals surface area contributed by atoms with E-state index in [4.69, 9.17) is 5.84 Å². The molecule has 1 atom stereocenters. The molecule has 0 aromatic heterocycles. The van der Waals surface area contributed by atoms with Crippen LogP contribution in [-0.2, 0) is 0 Å². The lowest BCUT2D eigenvalue weighted by Crippen LogP contribution is -2.28. The minimum absolute atomic E-state index is 0.152. The fourth-order valence-corrected chi connectivity index (χ4v) is 1.84. The Morgan fingerprint density at radius 1 is 1.56 bits per heavy atom. The Bertz CT molecular complexity index is 374. The van der Waals surface area contributed by atoms with Crippen LogP contribution in [0.1, 0.15) is 36.9 Å². The fraction of sp³-hybridized carbons (Fsp3) is 0.385. The first-order valence-corrected chi connectivity index (χ1v) is 6.26. The summed E-state index contributed by atoms with van der Waals surface area (Å²) >= 11 is 3.50. The first-order valence-electron chi connectivity index (χ1n) is 5.47. The standard InChI is InChI=1S/C13H19BrN2/c1-4-9(2)7-13(16-15)11-5-6-12(14)10(3)8-11/h5-6,8,13,16H,2,4,7,15H2,1,3H3. The summed E-state index contributed by atoms with van der Waals surface area (Å²) in [7, 11) is 0. The van der Waals surface area contributed by atoms with E-state index in [1.165, 1.54) is 16.7 Å². The van der Waals surface area contributed by atoms with Crippen molar-refractivity contribution >= 4 is 15.9 Å². The molecule has 0 aliphatic heterocycles. The van der Waals surface area contributed by atoms with E-state index in [0.717, 1.165) is 17.3 Å². The van der Waals surface area contributed by atoms with Gasteiger partial charge in [0.15, 0.2) is 0 Å². The molecule has 0 saturated heterocycles. The number of benzene rings is 1. The van der Waals surface area contributed by atoms with Crippen LogP contribution in [0.2, 0.25) is 0 Å². The maximum atomic E-state index is 5.59. The van der Waals surface area contributed by atoms with E-state index in [9.17, 15) is 0 Å². The topological polar surface area (TPSA) is 38.0 Å². The second-order valence-electron chi connectivity index (χ2n) is 4.04. The van der Waals surface area contributed by atoms with Gasteiger partial charge in [-0.2, -0.15) is 0 Å². The quantitative estimate of drug-likeness (QED) is 0.492. The van der Waals surface area contributed by atoms with E-state index >= 15 is 0 Å². The molecule has 0 radical (unpaired) electrons. The first-order chi connectivity index (χ1) is 7.58. The Labute approximate surface area is 106 Å². The summed E-state index contributed by atoms with van der Waals surface area (Å²) in [6.07, 6.45) is 1.88. The highest BCUT2D eigenvalue weighted by Gasteiger charge is 2.11. The van der Waals surface area contributed by atoms with Crippen LogP contribution in [0.5, 0.6) is 0 Å². The molecular weight excluding hydrogens is 264 g/mol. The van der Waals surface area contributed by atoms with Crippen molar-refractivity contribution < 1.29 is 0 Å². The zero-order valence-corrected chi connectivity index (χ0v) is 11.5. The Balaban J connectivity index is 2.86. The van der Waals surface area contributed by atoms with Gasteiger partial charge in [0, 0.05) is 10.5 Å². The third-order valence-electron chi connectivity index (χ3n) is 2.78. The summed E-state index contributed by atoms with van der Waals surface area (Å²) in [6.45, 7) is 8.21. The highest BCUT2D eigenvalue weighted by Crippen LogP contribution is 2.25. The van der Waals surface area contributed by atoms with Crippen molar-refractivity contribution in [2.45, 2.75) is 32.7 Å². The average molecular weight is 283 g/mol. The van der Waals surface area contributed by atoms with Crippen molar-refractivity contribution in [1.82, 2.24) is 5.43 Å². The number of rotatable bonds is 5. The lowest BCUT2D eigenvalue weighted by molar-refractivity contribution is 0.544. The number of hydrazine groups is 1. The van der Waals surface area contributed by atoms with E-state index < -0.39 is 0 Å². The monoisotopic (exact) mass is 282 g/mol. The van der Waals surface area contributed by atoms with E-state index in [-0.39, 0.29) is 6.04 Å². The predicted molar refractivity (Wildman–Crippen MR) is 73.0 cm³/mol. The molecule has 0 bridgehead atoms. The molecule has 0 heterocycles. The molecule has 1 rings (SSSR count). The van der Waals surface area contributed by atoms with Crippen molar-refractivity contribution in [2.24, 2.45) is 5.84 Å². The Morgan fingerprint density at radius 2 is 2.25 bits per heavy atom. The maximum Gasteiger partial charge on any atom is 0.0497 e. The number of nitrogens with two attached hydrogens (primary N) is 1. The molecule has 1 aromatic rings. The Morgan fingerprint density at radius 3 is 2.75 bits per heavy atom. The van der Waals surface area contributed by atoms with Crippen molar-refractivity contribution in [1.29, 1.82) is 0 Å². The van der Waals surface area contributed by atoms with E-state index in [1.807, 2.05) is 0 Å². The third kappa shape index (κ3) is 3.44. The van der Waals surface area contributed by atoms with Crippen molar-refractivity contribution in [2.75, 3.05) is 0 Å². The van der Waals surface area contributed by atoms with Crippen LogP contribution in [0.25, 0.3) is 0 Å². The molecule has 0 fully saturated rings. The van der Waals surface area contributed by atoms with Gasteiger partial charge in [0.1, 0.15) is 0 Å². The SMILES string of the molecule is C=C(CC)CC(NN)c1ccc(Br)c(C)c1. The molecule has 1 unspecified atom stereocenters. The number of hydrogen-bond acceptors (Lipinski definition) is 2. The molecule has 2 nitrogen and oxygen atoms in total. The first kappa shape index (κ1) is 13.4. The molecule has 88 valence electrons. The van der Waals surface area contributed by atoms with Crippen LogP contribution in [0, 0.1) is 6.92 Å². The van der Waals surface area contributed by atoms with Gasteiger partial charge in [0.05, 0.1) is 0 Å². The van der Waals surface area contributed by atoms with E-state index in [1.54, 1.807) is 0 Å². The van der Waals surface area contributed by atoms with Gasteiger partial charge >= 0.3 is 0 Å². The van der Waals surface area contributed by atoms with Gasteiger partial charge < -0.3 is 0 Å². The average Bonchev–Trinajstić information content (AvgIpc) is 2.29. The van der Waals surface area contributed by atoms with Crippen molar-refractivity contribution in [3.05, 3.63) is 46.0 Å². The second-order valence-corrected chi connectivity index (χ2v) is 4.89. The van der Waals surface area contributed by atoms with Gasteiger partial charge in [-0.1, -0.05) is 47.1 Å². The van der Waals surface area contributed by atoms with Gasteiger partial charge in [-0.3, -0.25) is 11.3 Å². The molecule has 0 aliphatic rings. The Kier molecular flexibility index (Phi) is 5.19. The van der Waals surface area contributed by atoms with E-state index in [0.29, 0.717) is 0 Å². The summed E-state index contributed by atoms with van der Waals surface area (Å²) < 4.78 is 1.13. The van der Waals surface area contributed by atoms with Crippen LogP contribution < -0.4 is 11.3 Å². The molecule has 0 saturated carbocycles. The Hall–Kier alpha value is -0.640. The van der Waals surface area contributed by atoms with Crippen molar-refractivity contribution in [3.63, 3.8) is 0 Å². The summed E-state index contributed by atoms with van der Waals surface area (Å²) in [6, 6.07) is 6.45. The highest BCUT2D eigenvalue weighted by molar-refractivity contribution is 9.10. The zero-order chi connectivity index (χ0) is 12.1. The highest BCUT2D eigenvalue weighted by atomic mass is 79.9. The predicted octanol–water partition coefficient (Wildman–Crippen LogP) is 3.62. The van der Waals surface area contributed by atoms with Gasteiger partial charge in [-0.15, -0.1) is 0 Å².